The van der Waals surface area contributed by atoms with Crippen LogP contribution in [0.15, 0.2) is 6.33 Å². The molecule has 11 heavy (non-hydrogen) atoms. The second kappa shape index (κ2) is 4.08. The monoisotopic (exact) mass is 154 g/mol. The van der Waals surface area contributed by atoms with Crippen molar-refractivity contribution in [2.24, 2.45) is 0 Å². The number of hydrogen-bond acceptors (Lipinski definition) is 3. The predicted molar refractivity (Wildman–Crippen MR) is 43.3 cm³/mol. The molecule has 0 aliphatic rings. The summed E-state index contributed by atoms with van der Waals surface area (Å²) in [5.41, 5.74) is 0. The van der Waals surface area contributed by atoms with Crippen LogP contribution in [0.3, 0.4) is 0 Å². The zero-order valence-corrected chi connectivity index (χ0v) is 7.04. The van der Waals surface area contributed by atoms with E-state index in [9.17, 15) is 0 Å². The minimum atomic E-state index is 0.902. The highest BCUT2D eigenvalue weighted by Crippen LogP contribution is 1.93. The van der Waals surface area contributed by atoms with Gasteiger partial charge in [0.25, 0.3) is 0 Å². The first kappa shape index (κ1) is 8.20. The van der Waals surface area contributed by atoms with Crippen LogP contribution in [0.4, 0.5) is 0 Å². The van der Waals surface area contributed by atoms with E-state index in [1.54, 1.807) is 6.33 Å². The van der Waals surface area contributed by atoms with E-state index < -0.39 is 0 Å². The Morgan fingerprint density at radius 2 is 2.45 bits per heavy atom. The molecule has 0 aromatic carbocycles. The van der Waals surface area contributed by atoms with Crippen LogP contribution in [0.5, 0.6) is 0 Å². The van der Waals surface area contributed by atoms with E-state index in [0.29, 0.717) is 0 Å². The van der Waals surface area contributed by atoms with Crippen LogP contribution >= 0.6 is 0 Å². The molecule has 1 aromatic heterocycles. The minimum Gasteiger partial charge on any atom is -0.319 e. The molecule has 62 valence electrons. The predicted octanol–water partition coefficient (Wildman–Crippen LogP) is 0.0599. The van der Waals surface area contributed by atoms with Crippen LogP contribution in [0.1, 0.15) is 12.7 Å². The fraction of sp³-hybridized carbons (Fsp3) is 0.714. The molecule has 0 saturated heterocycles. The average Bonchev–Trinajstić information content (AvgIpc) is 2.47. The molecular formula is C7H14N4. The van der Waals surface area contributed by atoms with Gasteiger partial charge in [0.15, 0.2) is 0 Å². The molecule has 0 radical (unpaired) electrons. The van der Waals surface area contributed by atoms with Crippen LogP contribution in [0.2, 0.25) is 0 Å². The second-order valence-corrected chi connectivity index (χ2v) is 2.35. The first-order valence-corrected chi connectivity index (χ1v) is 3.89. The summed E-state index contributed by atoms with van der Waals surface area (Å²) in [6.07, 6.45) is 2.55. The van der Waals surface area contributed by atoms with Crippen LogP contribution < -0.4 is 5.32 Å². The third-order valence-corrected chi connectivity index (χ3v) is 1.59. The van der Waals surface area contributed by atoms with Crippen LogP contribution in [0, 0.1) is 0 Å². The molecule has 0 saturated carbocycles. The van der Waals surface area contributed by atoms with Gasteiger partial charge in [0, 0.05) is 19.5 Å². The van der Waals surface area contributed by atoms with Gasteiger partial charge in [-0.3, -0.25) is 4.68 Å². The van der Waals surface area contributed by atoms with E-state index in [-0.39, 0.29) is 0 Å². The lowest BCUT2D eigenvalue weighted by Gasteiger charge is -2.00. The SMILES string of the molecule is CCn1ncnc1CCNC. The van der Waals surface area contributed by atoms with Gasteiger partial charge in [0.2, 0.25) is 0 Å². The fourth-order valence-corrected chi connectivity index (χ4v) is 0.983. The first-order valence-electron chi connectivity index (χ1n) is 3.89. The Hall–Kier alpha value is -0.900. The number of hydrogen-bond donors (Lipinski definition) is 1. The number of aromatic nitrogens is 3. The molecule has 1 N–H and O–H groups in total. The summed E-state index contributed by atoms with van der Waals surface area (Å²) in [5.74, 6) is 1.06. The van der Waals surface area contributed by atoms with Gasteiger partial charge in [-0.25, -0.2) is 4.98 Å². The van der Waals surface area contributed by atoms with E-state index in [0.717, 1.165) is 25.3 Å². The van der Waals surface area contributed by atoms with Crippen molar-refractivity contribution in [3.05, 3.63) is 12.2 Å². The maximum Gasteiger partial charge on any atom is 0.138 e. The van der Waals surface area contributed by atoms with Crippen molar-refractivity contribution in [3.8, 4) is 0 Å². The Bertz CT molecular complexity index is 206. The van der Waals surface area contributed by atoms with Gasteiger partial charge in [-0.2, -0.15) is 5.10 Å². The quantitative estimate of drug-likeness (QED) is 0.667. The maximum absolute atomic E-state index is 4.14. The molecule has 4 nitrogen and oxygen atoms in total. The smallest absolute Gasteiger partial charge is 0.138 e. The number of nitrogens with one attached hydrogen (secondary N) is 1. The molecule has 0 fully saturated rings. The zero-order valence-electron chi connectivity index (χ0n) is 7.04. The number of rotatable bonds is 4. The molecule has 4 heteroatoms. The van der Waals surface area contributed by atoms with Gasteiger partial charge >= 0.3 is 0 Å². The number of aryl methyl sites for hydroxylation is 1. The molecular weight excluding hydrogens is 140 g/mol. The Morgan fingerprint density at radius 3 is 3.09 bits per heavy atom. The molecule has 1 rings (SSSR count). The van der Waals surface area contributed by atoms with E-state index in [1.165, 1.54) is 0 Å². The molecule has 0 unspecified atom stereocenters. The zero-order chi connectivity index (χ0) is 8.10. The second-order valence-electron chi connectivity index (χ2n) is 2.35. The normalized spacial score (nSPS) is 10.4. The molecule has 0 amide bonds. The van der Waals surface area contributed by atoms with Crippen molar-refractivity contribution in [2.75, 3.05) is 13.6 Å². The summed E-state index contributed by atoms with van der Waals surface area (Å²) in [6.45, 7) is 3.93. The van der Waals surface area contributed by atoms with Crippen molar-refractivity contribution in [2.45, 2.75) is 19.9 Å². The Balaban J connectivity index is 2.54. The van der Waals surface area contributed by atoms with Crippen LogP contribution in [-0.2, 0) is 13.0 Å². The molecule has 0 aliphatic heterocycles. The summed E-state index contributed by atoms with van der Waals surface area (Å²) >= 11 is 0. The lowest BCUT2D eigenvalue weighted by atomic mass is 10.4. The Labute approximate surface area is 66.6 Å². The van der Waals surface area contributed by atoms with Crippen molar-refractivity contribution in [1.82, 2.24) is 20.1 Å². The Morgan fingerprint density at radius 1 is 1.64 bits per heavy atom. The topological polar surface area (TPSA) is 42.7 Å². The maximum atomic E-state index is 4.14. The third-order valence-electron chi connectivity index (χ3n) is 1.59. The van der Waals surface area contributed by atoms with Gasteiger partial charge in [-0.05, 0) is 14.0 Å². The van der Waals surface area contributed by atoms with Crippen molar-refractivity contribution < 1.29 is 0 Å². The standard InChI is InChI=1S/C7H14N4/c1-3-11-7(4-5-8-2)9-6-10-11/h6,8H,3-5H2,1-2H3. The summed E-state index contributed by atoms with van der Waals surface area (Å²) < 4.78 is 1.91. The molecule has 0 bridgehead atoms. The van der Waals surface area contributed by atoms with Crippen molar-refractivity contribution in [3.63, 3.8) is 0 Å². The average molecular weight is 154 g/mol. The number of nitrogens with zero attached hydrogens (tertiary/aromatic N) is 3. The largest absolute Gasteiger partial charge is 0.319 e. The third kappa shape index (κ3) is 2.01. The first-order chi connectivity index (χ1) is 5.38. The van der Waals surface area contributed by atoms with E-state index in [2.05, 4.69) is 22.3 Å². The summed E-state index contributed by atoms with van der Waals surface area (Å²) in [4.78, 5) is 4.14. The van der Waals surface area contributed by atoms with Crippen molar-refractivity contribution >= 4 is 0 Å². The summed E-state index contributed by atoms with van der Waals surface area (Å²) in [5, 5.41) is 7.14. The highest BCUT2D eigenvalue weighted by Gasteiger charge is 1.99. The minimum absolute atomic E-state index is 0.902. The molecule has 0 aliphatic carbocycles. The van der Waals surface area contributed by atoms with E-state index >= 15 is 0 Å². The number of likely N-dealkylation sites (N-methyl/N-ethyl adjacent to an activating group) is 1. The summed E-state index contributed by atoms with van der Waals surface area (Å²) in [6, 6.07) is 0. The molecule has 0 spiro atoms. The van der Waals surface area contributed by atoms with Gasteiger partial charge in [-0.1, -0.05) is 0 Å². The van der Waals surface area contributed by atoms with Gasteiger partial charge in [0.05, 0.1) is 0 Å². The van der Waals surface area contributed by atoms with E-state index in [1.807, 2.05) is 11.7 Å². The lowest BCUT2D eigenvalue weighted by Crippen LogP contribution is -2.14. The lowest BCUT2D eigenvalue weighted by molar-refractivity contribution is 0.603. The Kier molecular flexibility index (Phi) is 3.04. The van der Waals surface area contributed by atoms with Crippen LogP contribution in [0.25, 0.3) is 0 Å². The van der Waals surface area contributed by atoms with Crippen molar-refractivity contribution in [1.29, 1.82) is 0 Å². The molecule has 1 heterocycles. The highest BCUT2D eigenvalue weighted by molar-refractivity contribution is 4.84. The van der Waals surface area contributed by atoms with Gasteiger partial charge in [-0.15, -0.1) is 0 Å². The van der Waals surface area contributed by atoms with Gasteiger partial charge in [0.1, 0.15) is 12.2 Å². The van der Waals surface area contributed by atoms with Crippen LogP contribution in [-0.4, -0.2) is 28.4 Å². The fourth-order valence-electron chi connectivity index (χ4n) is 0.983. The highest BCUT2D eigenvalue weighted by atomic mass is 15.3. The molecule has 0 atom stereocenters. The van der Waals surface area contributed by atoms with E-state index in [4.69, 9.17) is 0 Å². The summed E-state index contributed by atoms with van der Waals surface area (Å²) in [7, 11) is 1.94. The van der Waals surface area contributed by atoms with Gasteiger partial charge < -0.3 is 5.32 Å². The molecule has 1 aromatic rings.